The first kappa shape index (κ1) is 10.3. The highest BCUT2D eigenvalue weighted by molar-refractivity contribution is 9.10. The summed E-state index contributed by atoms with van der Waals surface area (Å²) >= 11 is 3.42. The number of benzene rings is 1. The van der Waals surface area contributed by atoms with Gasteiger partial charge in [-0.3, -0.25) is 0 Å². The van der Waals surface area contributed by atoms with Crippen LogP contribution in [0.5, 0.6) is 0 Å². The van der Waals surface area contributed by atoms with E-state index >= 15 is 0 Å². The molecule has 1 aromatic carbocycles. The quantitative estimate of drug-likeness (QED) is 0.707. The van der Waals surface area contributed by atoms with E-state index in [1.807, 2.05) is 13.8 Å². The third kappa shape index (κ3) is 2.34. The van der Waals surface area contributed by atoms with Gasteiger partial charge in [0, 0.05) is 15.7 Å². The largest absolute Gasteiger partial charge is 0.359 e. The van der Waals surface area contributed by atoms with Gasteiger partial charge < -0.3 is 4.98 Å². The summed E-state index contributed by atoms with van der Waals surface area (Å²) in [5.41, 5.74) is 2.40. The summed E-state index contributed by atoms with van der Waals surface area (Å²) in [7, 11) is 0. The summed E-state index contributed by atoms with van der Waals surface area (Å²) in [5.74, 6) is 0. The minimum absolute atomic E-state index is 1.12. The molecule has 0 radical (unpaired) electrons. The Morgan fingerprint density at radius 2 is 1.85 bits per heavy atom. The van der Waals surface area contributed by atoms with Crippen molar-refractivity contribution in [2.45, 2.75) is 20.8 Å². The summed E-state index contributed by atoms with van der Waals surface area (Å²) in [6, 6.07) is 8.38. The maximum absolute atomic E-state index is 3.42. The molecule has 1 aromatic heterocycles. The van der Waals surface area contributed by atoms with Crippen LogP contribution in [0.4, 0.5) is 0 Å². The summed E-state index contributed by atoms with van der Waals surface area (Å²) < 4.78 is 1.12. The second-order valence-electron chi connectivity index (χ2n) is 2.68. The fourth-order valence-corrected chi connectivity index (χ4v) is 1.61. The van der Waals surface area contributed by atoms with Gasteiger partial charge in [-0.2, -0.15) is 0 Å². The van der Waals surface area contributed by atoms with Crippen LogP contribution >= 0.6 is 15.9 Å². The van der Waals surface area contributed by atoms with Crippen molar-refractivity contribution in [3.63, 3.8) is 0 Å². The molecule has 0 fully saturated rings. The Kier molecular flexibility index (Phi) is 3.55. The zero-order valence-corrected chi connectivity index (χ0v) is 9.77. The first-order valence-electron chi connectivity index (χ1n) is 4.50. The molecule has 0 bridgehead atoms. The number of aryl methyl sites for hydroxylation is 1. The first-order chi connectivity index (χ1) is 6.25. The Morgan fingerprint density at radius 1 is 1.15 bits per heavy atom. The SMILES string of the molecule is CC.Cc1cc2ccc(Br)cc2[nH]1. The lowest BCUT2D eigenvalue weighted by Gasteiger charge is -1.89. The van der Waals surface area contributed by atoms with E-state index in [2.05, 4.69) is 52.1 Å². The summed E-state index contributed by atoms with van der Waals surface area (Å²) in [6.45, 7) is 6.06. The molecule has 0 aliphatic carbocycles. The second-order valence-corrected chi connectivity index (χ2v) is 3.60. The molecule has 0 amide bonds. The molecule has 70 valence electrons. The molecule has 0 aliphatic rings. The Bertz CT molecular complexity index is 390. The highest BCUT2D eigenvalue weighted by Gasteiger charge is 1.95. The number of hydrogen-bond donors (Lipinski definition) is 1. The number of H-pyrrole nitrogens is 1. The van der Waals surface area contributed by atoms with Crippen molar-refractivity contribution in [2.24, 2.45) is 0 Å². The molecule has 0 spiro atoms. The molecule has 13 heavy (non-hydrogen) atoms. The van der Waals surface area contributed by atoms with Crippen molar-refractivity contribution in [2.75, 3.05) is 0 Å². The van der Waals surface area contributed by atoms with Crippen LogP contribution in [0.15, 0.2) is 28.7 Å². The molecule has 2 aromatic rings. The van der Waals surface area contributed by atoms with Crippen molar-refractivity contribution >= 4 is 26.8 Å². The molecule has 1 nitrogen and oxygen atoms in total. The molecule has 0 atom stereocenters. The van der Waals surface area contributed by atoms with E-state index in [0.29, 0.717) is 0 Å². The van der Waals surface area contributed by atoms with Crippen LogP contribution in [-0.2, 0) is 0 Å². The van der Waals surface area contributed by atoms with Gasteiger partial charge in [-0.05, 0) is 30.5 Å². The predicted octanol–water partition coefficient (Wildman–Crippen LogP) is 4.27. The molecule has 2 heteroatoms. The fraction of sp³-hybridized carbons (Fsp3) is 0.273. The van der Waals surface area contributed by atoms with E-state index in [1.165, 1.54) is 16.6 Å². The van der Waals surface area contributed by atoms with Gasteiger partial charge in [0.25, 0.3) is 0 Å². The lowest BCUT2D eigenvalue weighted by Crippen LogP contribution is -1.67. The van der Waals surface area contributed by atoms with Gasteiger partial charge in [0.2, 0.25) is 0 Å². The number of hydrogen-bond acceptors (Lipinski definition) is 0. The van der Waals surface area contributed by atoms with Crippen LogP contribution in [0.25, 0.3) is 10.9 Å². The molecule has 0 aliphatic heterocycles. The van der Waals surface area contributed by atoms with E-state index in [-0.39, 0.29) is 0 Å². The third-order valence-electron chi connectivity index (χ3n) is 1.72. The highest BCUT2D eigenvalue weighted by Crippen LogP contribution is 2.19. The van der Waals surface area contributed by atoms with Crippen LogP contribution in [-0.4, -0.2) is 4.98 Å². The Morgan fingerprint density at radius 3 is 2.54 bits per heavy atom. The fourth-order valence-electron chi connectivity index (χ4n) is 1.24. The van der Waals surface area contributed by atoms with Crippen molar-refractivity contribution in [1.82, 2.24) is 4.98 Å². The van der Waals surface area contributed by atoms with Crippen molar-refractivity contribution < 1.29 is 0 Å². The van der Waals surface area contributed by atoms with Gasteiger partial charge in [0.1, 0.15) is 0 Å². The van der Waals surface area contributed by atoms with E-state index in [4.69, 9.17) is 0 Å². The number of aromatic nitrogens is 1. The second kappa shape index (κ2) is 4.47. The van der Waals surface area contributed by atoms with Crippen molar-refractivity contribution in [3.8, 4) is 0 Å². The van der Waals surface area contributed by atoms with Gasteiger partial charge >= 0.3 is 0 Å². The van der Waals surface area contributed by atoms with Crippen LogP contribution in [0.2, 0.25) is 0 Å². The molecule has 0 saturated heterocycles. The van der Waals surface area contributed by atoms with E-state index in [0.717, 1.165) is 4.47 Å². The summed E-state index contributed by atoms with van der Waals surface area (Å²) in [4.78, 5) is 3.27. The predicted molar refractivity (Wildman–Crippen MR) is 62.1 cm³/mol. The Hall–Kier alpha value is -0.760. The Labute approximate surface area is 87.3 Å². The summed E-state index contributed by atoms with van der Waals surface area (Å²) in [5, 5.41) is 1.27. The minimum atomic E-state index is 1.12. The number of aromatic amines is 1. The highest BCUT2D eigenvalue weighted by atomic mass is 79.9. The number of rotatable bonds is 0. The van der Waals surface area contributed by atoms with Gasteiger partial charge in [-0.1, -0.05) is 35.8 Å². The number of nitrogens with one attached hydrogen (secondary N) is 1. The van der Waals surface area contributed by atoms with Gasteiger partial charge in [-0.15, -0.1) is 0 Å². The van der Waals surface area contributed by atoms with Gasteiger partial charge in [0.15, 0.2) is 0 Å². The van der Waals surface area contributed by atoms with Crippen LogP contribution in [0.1, 0.15) is 19.5 Å². The molecule has 1 N–H and O–H groups in total. The first-order valence-corrected chi connectivity index (χ1v) is 5.30. The zero-order chi connectivity index (χ0) is 9.84. The lowest BCUT2D eigenvalue weighted by molar-refractivity contribution is 1.30. The molecule has 0 saturated carbocycles. The Balaban J connectivity index is 0.000000396. The molecule has 2 rings (SSSR count). The molecular weight excluding hydrogens is 226 g/mol. The zero-order valence-electron chi connectivity index (χ0n) is 8.19. The van der Waals surface area contributed by atoms with Crippen molar-refractivity contribution in [1.29, 1.82) is 0 Å². The minimum Gasteiger partial charge on any atom is -0.359 e. The molecule has 1 heterocycles. The average molecular weight is 240 g/mol. The number of halogens is 1. The monoisotopic (exact) mass is 239 g/mol. The van der Waals surface area contributed by atoms with Crippen LogP contribution in [0, 0.1) is 6.92 Å². The van der Waals surface area contributed by atoms with Crippen LogP contribution in [0.3, 0.4) is 0 Å². The van der Waals surface area contributed by atoms with Crippen molar-refractivity contribution in [3.05, 3.63) is 34.4 Å². The smallest absolute Gasteiger partial charge is 0.0467 e. The van der Waals surface area contributed by atoms with E-state index in [9.17, 15) is 0 Å². The molecule has 0 unspecified atom stereocenters. The summed E-state index contributed by atoms with van der Waals surface area (Å²) in [6.07, 6.45) is 0. The molecular formula is C11H14BrN. The van der Waals surface area contributed by atoms with Crippen LogP contribution < -0.4 is 0 Å². The maximum atomic E-state index is 3.42. The average Bonchev–Trinajstić information content (AvgIpc) is 2.48. The lowest BCUT2D eigenvalue weighted by atomic mass is 10.2. The van der Waals surface area contributed by atoms with Gasteiger partial charge in [0.05, 0.1) is 0 Å². The maximum Gasteiger partial charge on any atom is 0.0467 e. The topological polar surface area (TPSA) is 15.8 Å². The third-order valence-corrected chi connectivity index (χ3v) is 2.21. The standard InChI is InChI=1S/C9H8BrN.C2H6/c1-6-4-7-2-3-8(10)5-9(7)11-6;1-2/h2-5,11H,1H3;1-2H3. The normalized spacial score (nSPS) is 9.54. The van der Waals surface area contributed by atoms with Gasteiger partial charge in [-0.25, -0.2) is 0 Å². The van der Waals surface area contributed by atoms with E-state index < -0.39 is 0 Å². The number of fused-ring (bicyclic) bond motifs is 1. The van der Waals surface area contributed by atoms with E-state index in [1.54, 1.807) is 0 Å².